The van der Waals surface area contributed by atoms with Crippen LogP contribution in [0, 0.1) is 0 Å². The van der Waals surface area contributed by atoms with Crippen LogP contribution in [0.2, 0.25) is 5.02 Å². The van der Waals surface area contributed by atoms with Gasteiger partial charge in [-0.25, -0.2) is 9.69 Å². The minimum Gasteiger partial charge on any atom is -0.503 e. The minimum atomic E-state index is -0.822. The number of aryl methyl sites for hydroxylation is 1. The van der Waals surface area contributed by atoms with E-state index < -0.39 is 17.8 Å². The molecular formula is C20H17ClN2O5. The van der Waals surface area contributed by atoms with Gasteiger partial charge in [0.15, 0.2) is 11.5 Å². The summed E-state index contributed by atoms with van der Waals surface area (Å²) in [5, 5.41) is 12.0. The zero-order valence-corrected chi connectivity index (χ0v) is 15.9. The fraction of sp³-hybridized carbons (Fsp3) is 0.150. The van der Waals surface area contributed by atoms with Crippen LogP contribution in [0.3, 0.4) is 0 Å². The number of barbiturate groups is 1. The smallest absolute Gasteiger partial charge is 0.335 e. The molecule has 2 aromatic carbocycles. The van der Waals surface area contributed by atoms with Gasteiger partial charge in [-0.15, -0.1) is 0 Å². The Morgan fingerprint density at radius 3 is 2.46 bits per heavy atom. The van der Waals surface area contributed by atoms with Crippen LogP contribution >= 0.6 is 11.6 Å². The number of halogens is 1. The van der Waals surface area contributed by atoms with Crippen molar-refractivity contribution in [1.29, 1.82) is 0 Å². The van der Waals surface area contributed by atoms with Crippen molar-refractivity contribution in [2.45, 2.75) is 13.3 Å². The topological polar surface area (TPSA) is 95.9 Å². The Morgan fingerprint density at radius 2 is 1.86 bits per heavy atom. The van der Waals surface area contributed by atoms with Gasteiger partial charge in [-0.3, -0.25) is 14.9 Å². The van der Waals surface area contributed by atoms with E-state index in [9.17, 15) is 19.5 Å². The molecule has 8 heteroatoms. The van der Waals surface area contributed by atoms with Crippen molar-refractivity contribution in [3.8, 4) is 11.5 Å². The standard InChI is InChI=1S/C20H17ClN2O5/c1-3-11-4-6-13(7-5-11)23-19(26)14(18(25)22-20(23)27)8-12-9-15(21)17(24)16(10-12)28-2/h4-10,24H,3H2,1-2H3,(H,22,25,27). The second kappa shape index (κ2) is 7.74. The second-order valence-electron chi connectivity index (χ2n) is 6.03. The normalized spacial score (nSPS) is 15.8. The first-order valence-electron chi connectivity index (χ1n) is 8.42. The Morgan fingerprint density at radius 1 is 1.18 bits per heavy atom. The van der Waals surface area contributed by atoms with Crippen LogP contribution in [0.1, 0.15) is 18.1 Å². The predicted molar refractivity (Wildman–Crippen MR) is 104 cm³/mol. The van der Waals surface area contributed by atoms with Crippen molar-refractivity contribution in [1.82, 2.24) is 5.32 Å². The third kappa shape index (κ3) is 3.57. The van der Waals surface area contributed by atoms with Crippen molar-refractivity contribution < 1.29 is 24.2 Å². The van der Waals surface area contributed by atoms with E-state index >= 15 is 0 Å². The van der Waals surface area contributed by atoms with Crippen LogP contribution in [0.4, 0.5) is 10.5 Å². The van der Waals surface area contributed by atoms with Crippen LogP contribution in [-0.2, 0) is 16.0 Å². The average molecular weight is 401 g/mol. The molecule has 2 N–H and O–H groups in total. The van der Waals surface area contributed by atoms with Crippen molar-refractivity contribution in [3.05, 3.63) is 58.1 Å². The first-order valence-corrected chi connectivity index (χ1v) is 8.80. The van der Waals surface area contributed by atoms with Gasteiger partial charge in [0.1, 0.15) is 5.57 Å². The fourth-order valence-corrected chi connectivity index (χ4v) is 2.99. The Hall–Kier alpha value is -3.32. The lowest BCUT2D eigenvalue weighted by atomic mass is 10.1. The predicted octanol–water partition coefficient (Wildman–Crippen LogP) is 3.28. The zero-order chi connectivity index (χ0) is 20.4. The molecule has 1 fully saturated rings. The number of ether oxygens (including phenoxy) is 1. The number of nitrogens with zero attached hydrogens (tertiary/aromatic N) is 1. The van der Waals surface area contributed by atoms with E-state index in [1.165, 1.54) is 25.3 Å². The summed E-state index contributed by atoms with van der Waals surface area (Å²) in [5.74, 6) is -1.74. The van der Waals surface area contributed by atoms with Crippen molar-refractivity contribution in [3.63, 3.8) is 0 Å². The maximum Gasteiger partial charge on any atom is 0.335 e. The van der Waals surface area contributed by atoms with E-state index in [-0.39, 0.29) is 22.1 Å². The van der Waals surface area contributed by atoms with Crippen LogP contribution in [-0.4, -0.2) is 30.1 Å². The highest BCUT2D eigenvalue weighted by Gasteiger charge is 2.36. The van der Waals surface area contributed by atoms with E-state index in [4.69, 9.17) is 16.3 Å². The molecule has 0 saturated carbocycles. The summed E-state index contributed by atoms with van der Waals surface area (Å²) in [6.07, 6.45) is 2.10. The van der Waals surface area contributed by atoms with Gasteiger partial charge in [0, 0.05) is 0 Å². The van der Waals surface area contributed by atoms with E-state index in [0.717, 1.165) is 16.9 Å². The number of carbonyl (C=O) groups excluding carboxylic acids is 3. The van der Waals surface area contributed by atoms with Gasteiger partial charge in [0.25, 0.3) is 11.8 Å². The first-order chi connectivity index (χ1) is 13.3. The number of imide groups is 2. The van der Waals surface area contributed by atoms with Crippen LogP contribution in [0.25, 0.3) is 6.08 Å². The van der Waals surface area contributed by atoms with Crippen LogP contribution < -0.4 is 15.0 Å². The highest BCUT2D eigenvalue weighted by atomic mass is 35.5. The molecule has 0 atom stereocenters. The van der Waals surface area contributed by atoms with Crippen molar-refractivity contribution in [2.24, 2.45) is 0 Å². The molecule has 28 heavy (non-hydrogen) atoms. The molecular weight excluding hydrogens is 384 g/mol. The van der Waals surface area contributed by atoms with E-state index in [0.29, 0.717) is 11.3 Å². The molecule has 1 aliphatic rings. The quantitative estimate of drug-likeness (QED) is 0.606. The van der Waals surface area contributed by atoms with Gasteiger partial charge < -0.3 is 9.84 Å². The molecule has 0 bridgehead atoms. The molecule has 144 valence electrons. The van der Waals surface area contributed by atoms with Gasteiger partial charge in [-0.1, -0.05) is 30.7 Å². The lowest BCUT2D eigenvalue weighted by Gasteiger charge is -2.26. The number of phenols is 1. The minimum absolute atomic E-state index is 0.00189. The zero-order valence-electron chi connectivity index (χ0n) is 15.2. The highest BCUT2D eigenvalue weighted by Crippen LogP contribution is 2.35. The van der Waals surface area contributed by atoms with Crippen molar-refractivity contribution in [2.75, 3.05) is 12.0 Å². The largest absolute Gasteiger partial charge is 0.503 e. The monoisotopic (exact) mass is 400 g/mol. The summed E-state index contributed by atoms with van der Waals surface area (Å²) < 4.78 is 5.02. The number of hydrogen-bond donors (Lipinski definition) is 2. The van der Waals surface area contributed by atoms with E-state index in [1.54, 1.807) is 24.3 Å². The molecule has 4 amide bonds. The molecule has 3 rings (SSSR count). The summed E-state index contributed by atoms with van der Waals surface area (Å²) in [6, 6.07) is 8.88. The van der Waals surface area contributed by atoms with Crippen LogP contribution in [0.15, 0.2) is 42.0 Å². The van der Waals surface area contributed by atoms with Gasteiger partial charge in [-0.05, 0) is 47.9 Å². The number of urea groups is 1. The maximum atomic E-state index is 12.9. The Bertz CT molecular complexity index is 998. The number of nitrogens with one attached hydrogen (secondary N) is 1. The molecule has 1 saturated heterocycles. The number of rotatable bonds is 4. The summed E-state index contributed by atoms with van der Waals surface area (Å²) in [4.78, 5) is 38.2. The van der Waals surface area contributed by atoms with Gasteiger partial charge in [-0.2, -0.15) is 0 Å². The van der Waals surface area contributed by atoms with E-state index in [1.807, 2.05) is 6.92 Å². The summed E-state index contributed by atoms with van der Waals surface area (Å²) in [6.45, 7) is 1.99. The Balaban J connectivity index is 2.02. The lowest BCUT2D eigenvalue weighted by molar-refractivity contribution is -0.122. The Kier molecular flexibility index (Phi) is 5.37. The summed E-state index contributed by atoms with van der Waals surface area (Å²) in [5.41, 5.74) is 1.50. The number of anilines is 1. The van der Waals surface area contributed by atoms with Gasteiger partial charge >= 0.3 is 6.03 Å². The Labute approximate surface area is 166 Å². The first kappa shape index (κ1) is 19.4. The number of hydrogen-bond acceptors (Lipinski definition) is 5. The van der Waals surface area contributed by atoms with Gasteiger partial charge in [0.2, 0.25) is 0 Å². The molecule has 0 unspecified atom stereocenters. The number of carbonyl (C=O) groups is 3. The SMILES string of the molecule is CCc1ccc(N2C(=O)NC(=O)C(=Cc3cc(Cl)c(O)c(OC)c3)C2=O)cc1. The average Bonchev–Trinajstić information content (AvgIpc) is 2.68. The lowest BCUT2D eigenvalue weighted by Crippen LogP contribution is -2.54. The number of methoxy groups -OCH3 is 1. The molecule has 2 aromatic rings. The molecule has 0 aromatic heterocycles. The number of benzene rings is 2. The number of amides is 4. The summed E-state index contributed by atoms with van der Waals surface area (Å²) in [7, 11) is 1.35. The summed E-state index contributed by atoms with van der Waals surface area (Å²) >= 11 is 5.96. The van der Waals surface area contributed by atoms with Crippen LogP contribution in [0.5, 0.6) is 11.5 Å². The maximum absolute atomic E-state index is 12.9. The fourth-order valence-electron chi connectivity index (χ4n) is 2.77. The molecule has 0 aliphatic carbocycles. The van der Waals surface area contributed by atoms with Crippen molar-refractivity contribution >= 4 is 41.2 Å². The third-order valence-electron chi connectivity index (χ3n) is 4.29. The van der Waals surface area contributed by atoms with Gasteiger partial charge in [0.05, 0.1) is 17.8 Å². The number of phenolic OH excluding ortho intramolecular Hbond substituents is 1. The molecule has 1 heterocycles. The van der Waals surface area contributed by atoms with E-state index in [2.05, 4.69) is 5.32 Å². The molecule has 0 radical (unpaired) electrons. The molecule has 7 nitrogen and oxygen atoms in total. The second-order valence-corrected chi connectivity index (χ2v) is 6.44. The third-order valence-corrected chi connectivity index (χ3v) is 4.57. The molecule has 1 aliphatic heterocycles. The number of aromatic hydroxyl groups is 1. The highest BCUT2D eigenvalue weighted by molar-refractivity contribution is 6.39. The molecule has 0 spiro atoms.